The standard InChI is InChI=1S/C13H15Cl2NO2S/c1-9-4-5-16(6-7-19(9)18)13(17)11-3-2-10(14)8-12(11)15/h2-3,8-9H,4-7H2,1H3/t9-,19+/m1/s1. The van der Waals surface area contributed by atoms with Crippen LogP contribution in [0.5, 0.6) is 0 Å². The van der Waals surface area contributed by atoms with Gasteiger partial charge in [-0.1, -0.05) is 30.1 Å². The first-order valence-electron chi connectivity index (χ1n) is 6.10. The number of benzene rings is 1. The molecule has 1 amide bonds. The van der Waals surface area contributed by atoms with Crippen LogP contribution >= 0.6 is 23.2 Å². The summed E-state index contributed by atoms with van der Waals surface area (Å²) in [6.45, 7) is 3.08. The zero-order valence-corrected chi connectivity index (χ0v) is 12.9. The van der Waals surface area contributed by atoms with Gasteiger partial charge in [-0.15, -0.1) is 0 Å². The quantitative estimate of drug-likeness (QED) is 0.798. The van der Waals surface area contributed by atoms with E-state index in [1.165, 1.54) is 0 Å². The summed E-state index contributed by atoms with van der Waals surface area (Å²) in [6, 6.07) is 4.85. The minimum absolute atomic E-state index is 0.118. The van der Waals surface area contributed by atoms with Crippen LogP contribution in [-0.2, 0) is 10.8 Å². The van der Waals surface area contributed by atoms with Crippen LogP contribution in [0.25, 0.3) is 0 Å². The summed E-state index contributed by atoms with van der Waals surface area (Å²) in [4.78, 5) is 14.1. The molecule has 1 aromatic carbocycles. The maximum Gasteiger partial charge on any atom is 0.255 e. The number of nitrogens with zero attached hydrogens (tertiary/aromatic N) is 1. The van der Waals surface area contributed by atoms with Crippen molar-refractivity contribution < 1.29 is 9.00 Å². The van der Waals surface area contributed by atoms with Gasteiger partial charge < -0.3 is 4.90 Å². The van der Waals surface area contributed by atoms with E-state index in [0.717, 1.165) is 6.42 Å². The molecule has 0 unspecified atom stereocenters. The topological polar surface area (TPSA) is 37.4 Å². The van der Waals surface area contributed by atoms with Gasteiger partial charge in [-0.3, -0.25) is 9.00 Å². The first-order chi connectivity index (χ1) is 8.99. The van der Waals surface area contributed by atoms with Crippen molar-refractivity contribution in [2.24, 2.45) is 0 Å². The van der Waals surface area contributed by atoms with Crippen LogP contribution in [0, 0.1) is 0 Å². The highest BCUT2D eigenvalue weighted by atomic mass is 35.5. The second-order valence-electron chi connectivity index (χ2n) is 4.60. The van der Waals surface area contributed by atoms with E-state index in [-0.39, 0.29) is 11.2 Å². The van der Waals surface area contributed by atoms with E-state index in [9.17, 15) is 9.00 Å². The predicted octanol–water partition coefficient (Wildman–Crippen LogP) is 2.98. The molecule has 6 heteroatoms. The van der Waals surface area contributed by atoms with E-state index in [1.807, 2.05) is 6.92 Å². The van der Waals surface area contributed by atoms with Crippen molar-refractivity contribution >= 4 is 39.9 Å². The molecule has 0 aliphatic carbocycles. The fraction of sp³-hybridized carbons (Fsp3) is 0.462. The van der Waals surface area contributed by atoms with E-state index < -0.39 is 10.8 Å². The van der Waals surface area contributed by atoms with Crippen molar-refractivity contribution in [3.8, 4) is 0 Å². The number of hydrogen-bond donors (Lipinski definition) is 0. The summed E-state index contributed by atoms with van der Waals surface area (Å²) < 4.78 is 11.8. The Hall–Kier alpha value is -0.580. The molecule has 1 aliphatic rings. The Bertz CT molecular complexity index is 521. The summed E-state index contributed by atoms with van der Waals surface area (Å²) in [5, 5.41) is 1.00. The molecule has 1 heterocycles. The molecule has 1 aliphatic heterocycles. The van der Waals surface area contributed by atoms with Gasteiger partial charge in [-0.25, -0.2) is 0 Å². The Morgan fingerprint density at radius 2 is 2.11 bits per heavy atom. The normalized spacial score (nSPS) is 24.1. The third-order valence-electron chi connectivity index (χ3n) is 3.27. The van der Waals surface area contributed by atoms with E-state index >= 15 is 0 Å². The van der Waals surface area contributed by atoms with Crippen LogP contribution < -0.4 is 0 Å². The molecule has 104 valence electrons. The smallest absolute Gasteiger partial charge is 0.255 e. The van der Waals surface area contributed by atoms with Crippen LogP contribution in [0.15, 0.2) is 18.2 Å². The summed E-state index contributed by atoms with van der Waals surface area (Å²) in [5.41, 5.74) is 0.450. The number of carbonyl (C=O) groups is 1. The van der Waals surface area contributed by atoms with E-state index in [1.54, 1.807) is 23.1 Å². The van der Waals surface area contributed by atoms with Gasteiger partial charge in [0.2, 0.25) is 0 Å². The monoisotopic (exact) mass is 319 g/mol. The third-order valence-corrected chi connectivity index (χ3v) is 5.53. The molecule has 3 nitrogen and oxygen atoms in total. The van der Waals surface area contributed by atoms with Gasteiger partial charge in [0.05, 0.1) is 10.6 Å². The lowest BCUT2D eigenvalue weighted by Gasteiger charge is -2.20. The Balaban J connectivity index is 2.17. The minimum atomic E-state index is -0.853. The number of rotatable bonds is 1. The molecule has 0 saturated carbocycles. The summed E-state index contributed by atoms with van der Waals surface area (Å²) >= 11 is 11.9. The molecular weight excluding hydrogens is 305 g/mol. The van der Waals surface area contributed by atoms with Gasteiger partial charge in [-0.2, -0.15) is 0 Å². The fourth-order valence-corrected chi connectivity index (χ4v) is 3.68. The molecule has 0 bridgehead atoms. The molecular formula is C13H15Cl2NO2S. The summed E-state index contributed by atoms with van der Waals surface area (Å²) in [5.74, 6) is 0.408. The zero-order chi connectivity index (χ0) is 14.0. The number of hydrogen-bond acceptors (Lipinski definition) is 2. The molecule has 0 spiro atoms. The van der Waals surface area contributed by atoms with E-state index in [0.29, 0.717) is 34.5 Å². The van der Waals surface area contributed by atoms with Crippen molar-refractivity contribution in [2.75, 3.05) is 18.8 Å². The van der Waals surface area contributed by atoms with Gasteiger partial charge in [0.1, 0.15) is 0 Å². The van der Waals surface area contributed by atoms with Crippen molar-refractivity contribution in [1.82, 2.24) is 4.90 Å². The van der Waals surface area contributed by atoms with Gasteiger partial charge in [0.15, 0.2) is 0 Å². The molecule has 0 N–H and O–H groups in total. The largest absolute Gasteiger partial charge is 0.338 e. The van der Waals surface area contributed by atoms with Gasteiger partial charge >= 0.3 is 0 Å². The minimum Gasteiger partial charge on any atom is -0.338 e. The van der Waals surface area contributed by atoms with Crippen LogP contribution in [0.4, 0.5) is 0 Å². The fourth-order valence-electron chi connectivity index (χ4n) is 2.02. The molecule has 1 aromatic rings. The van der Waals surface area contributed by atoms with Crippen LogP contribution in [0.1, 0.15) is 23.7 Å². The molecule has 2 atom stereocenters. The van der Waals surface area contributed by atoms with Crippen LogP contribution in [0.2, 0.25) is 10.0 Å². The van der Waals surface area contributed by atoms with Crippen LogP contribution in [0.3, 0.4) is 0 Å². The second-order valence-corrected chi connectivity index (χ2v) is 7.42. The third kappa shape index (κ3) is 3.50. The van der Waals surface area contributed by atoms with Gasteiger partial charge in [0.25, 0.3) is 5.91 Å². The zero-order valence-electron chi connectivity index (χ0n) is 10.6. The Labute approximate surface area is 125 Å². The Morgan fingerprint density at radius 1 is 1.37 bits per heavy atom. The number of halogens is 2. The number of carbonyl (C=O) groups excluding carboxylic acids is 1. The Morgan fingerprint density at radius 3 is 2.79 bits per heavy atom. The first-order valence-corrected chi connectivity index (χ1v) is 8.24. The molecule has 0 aromatic heterocycles. The molecule has 1 saturated heterocycles. The Kier molecular flexibility index (Phi) is 4.87. The highest BCUT2D eigenvalue weighted by molar-refractivity contribution is 7.85. The highest BCUT2D eigenvalue weighted by Crippen LogP contribution is 2.23. The van der Waals surface area contributed by atoms with Gasteiger partial charge in [-0.05, 0) is 24.6 Å². The molecule has 1 fully saturated rings. The average Bonchev–Trinajstić information content (AvgIpc) is 2.52. The number of amides is 1. The lowest BCUT2D eigenvalue weighted by atomic mass is 10.2. The molecule has 2 rings (SSSR count). The van der Waals surface area contributed by atoms with Crippen LogP contribution in [-0.4, -0.2) is 39.1 Å². The van der Waals surface area contributed by atoms with Gasteiger partial charge in [0, 0.05) is 39.9 Å². The van der Waals surface area contributed by atoms with Crippen molar-refractivity contribution in [2.45, 2.75) is 18.6 Å². The van der Waals surface area contributed by atoms with Crippen molar-refractivity contribution in [3.05, 3.63) is 33.8 Å². The predicted molar refractivity (Wildman–Crippen MR) is 79.5 cm³/mol. The maximum absolute atomic E-state index is 12.4. The van der Waals surface area contributed by atoms with E-state index in [4.69, 9.17) is 23.2 Å². The summed E-state index contributed by atoms with van der Waals surface area (Å²) in [6.07, 6.45) is 0.754. The first kappa shape index (κ1) is 14.8. The second kappa shape index (κ2) is 6.25. The van der Waals surface area contributed by atoms with Crippen molar-refractivity contribution in [1.29, 1.82) is 0 Å². The maximum atomic E-state index is 12.4. The molecule has 19 heavy (non-hydrogen) atoms. The SMILES string of the molecule is C[C@@H]1CCN(C(=O)c2ccc(Cl)cc2Cl)CC[S@@]1=O. The van der Waals surface area contributed by atoms with E-state index in [2.05, 4.69) is 0 Å². The lowest BCUT2D eigenvalue weighted by molar-refractivity contribution is 0.0767. The average molecular weight is 320 g/mol. The molecule has 0 radical (unpaired) electrons. The highest BCUT2D eigenvalue weighted by Gasteiger charge is 2.24. The van der Waals surface area contributed by atoms with Crippen molar-refractivity contribution in [3.63, 3.8) is 0 Å². The summed E-state index contributed by atoms with van der Waals surface area (Å²) in [7, 11) is -0.853. The lowest BCUT2D eigenvalue weighted by Crippen LogP contribution is -2.33.